The molecule has 0 unspecified atom stereocenters. The molecule has 0 bridgehead atoms. The number of hydrogen-bond acceptors (Lipinski definition) is 3. The smallest absolute Gasteiger partial charge is 0.188 e. The van der Waals surface area contributed by atoms with Crippen molar-refractivity contribution >= 4 is 29.9 Å². The second-order valence-electron chi connectivity index (χ2n) is 5.12. The third-order valence-electron chi connectivity index (χ3n) is 3.39. The summed E-state index contributed by atoms with van der Waals surface area (Å²) < 4.78 is 7.33. The van der Waals surface area contributed by atoms with Gasteiger partial charge in [-0.15, -0.1) is 24.0 Å². The first-order chi connectivity index (χ1) is 9.74. The summed E-state index contributed by atoms with van der Waals surface area (Å²) in [5, 5.41) is 3.16. The largest absolute Gasteiger partial charge is 0.379 e. The summed E-state index contributed by atoms with van der Waals surface area (Å²) in [6.07, 6.45) is 5.13. The summed E-state index contributed by atoms with van der Waals surface area (Å²) in [5.74, 6) is 0.524. The fraction of sp³-hybridized carbons (Fsp3) is 0.643. The Bertz CT molecular complexity index is 429. The fourth-order valence-corrected chi connectivity index (χ4v) is 2.23. The number of aromatic nitrogens is 1. The number of guanidine groups is 1. The molecule has 1 saturated heterocycles. The molecular weight excluding hydrogens is 381 g/mol. The maximum atomic E-state index is 5.85. The highest BCUT2D eigenvalue weighted by atomic mass is 127. The Morgan fingerprint density at radius 2 is 2.19 bits per heavy atom. The van der Waals surface area contributed by atoms with Crippen LogP contribution in [0.3, 0.4) is 0 Å². The van der Waals surface area contributed by atoms with Gasteiger partial charge in [-0.3, -0.25) is 4.90 Å². The van der Waals surface area contributed by atoms with Crippen LogP contribution >= 0.6 is 24.0 Å². The normalized spacial score (nSPS) is 16.5. The lowest BCUT2D eigenvalue weighted by atomic mass is 10.3. The number of aliphatic imine (C=N–C) groups is 1. The molecule has 0 atom stereocenters. The molecule has 0 saturated carbocycles. The van der Waals surface area contributed by atoms with Gasteiger partial charge < -0.3 is 20.4 Å². The van der Waals surface area contributed by atoms with Gasteiger partial charge in [-0.05, 0) is 24.6 Å². The van der Waals surface area contributed by atoms with Gasteiger partial charge in [0.05, 0.1) is 19.8 Å². The van der Waals surface area contributed by atoms with E-state index in [9.17, 15) is 0 Å². The predicted molar refractivity (Wildman–Crippen MR) is 96.0 cm³/mol. The first kappa shape index (κ1) is 18.2. The number of nitrogens with one attached hydrogen (secondary N) is 1. The van der Waals surface area contributed by atoms with Crippen molar-refractivity contribution in [2.75, 3.05) is 39.4 Å². The number of halogens is 1. The zero-order chi connectivity index (χ0) is 14.2. The minimum Gasteiger partial charge on any atom is -0.379 e. The van der Waals surface area contributed by atoms with Gasteiger partial charge in [-0.1, -0.05) is 0 Å². The monoisotopic (exact) mass is 407 g/mol. The molecule has 120 valence electrons. The minimum absolute atomic E-state index is 0. The lowest BCUT2D eigenvalue weighted by molar-refractivity contribution is 0.0376. The highest BCUT2D eigenvalue weighted by Crippen LogP contribution is 2.01. The fourth-order valence-electron chi connectivity index (χ4n) is 2.23. The van der Waals surface area contributed by atoms with Crippen LogP contribution in [-0.2, 0) is 18.3 Å². The summed E-state index contributed by atoms with van der Waals surface area (Å²) in [7, 11) is 2.00. The third kappa shape index (κ3) is 7.14. The van der Waals surface area contributed by atoms with Gasteiger partial charge >= 0.3 is 0 Å². The number of morpholine rings is 1. The van der Waals surface area contributed by atoms with Crippen LogP contribution in [0.2, 0.25) is 0 Å². The van der Waals surface area contributed by atoms with Crippen LogP contribution < -0.4 is 11.1 Å². The number of ether oxygens (including phenoxy) is 1. The lowest BCUT2D eigenvalue weighted by Crippen LogP contribution is -2.39. The third-order valence-corrected chi connectivity index (χ3v) is 3.39. The Balaban J connectivity index is 0.00000220. The number of hydrogen-bond donors (Lipinski definition) is 2. The Hall–Kier alpha value is -0.800. The standard InChI is InChI=1S/C14H25N5O.HI/c1-18-6-3-13(12-18)11-17-14(15)16-4-2-5-19-7-9-20-10-8-19;/h3,6,12H,2,4-5,7-11H2,1H3,(H3,15,16,17);1H. The predicted octanol–water partition coefficient (Wildman–Crippen LogP) is 0.770. The number of nitrogens with two attached hydrogens (primary N) is 1. The van der Waals surface area contributed by atoms with Crippen molar-refractivity contribution < 1.29 is 4.74 Å². The van der Waals surface area contributed by atoms with Crippen LogP contribution in [0, 0.1) is 0 Å². The zero-order valence-electron chi connectivity index (χ0n) is 12.6. The molecule has 21 heavy (non-hydrogen) atoms. The summed E-state index contributed by atoms with van der Waals surface area (Å²) >= 11 is 0. The van der Waals surface area contributed by atoms with E-state index in [1.165, 1.54) is 5.56 Å². The average molecular weight is 407 g/mol. The molecule has 2 heterocycles. The molecule has 6 nitrogen and oxygen atoms in total. The molecule has 0 radical (unpaired) electrons. The molecule has 1 aromatic heterocycles. The molecule has 1 fully saturated rings. The Morgan fingerprint density at radius 1 is 1.43 bits per heavy atom. The molecule has 0 aromatic carbocycles. The van der Waals surface area contributed by atoms with Crippen molar-refractivity contribution in [1.29, 1.82) is 0 Å². The molecular formula is C14H26IN5O. The molecule has 1 aliphatic heterocycles. The van der Waals surface area contributed by atoms with Crippen LogP contribution in [0.15, 0.2) is 23.5 Å². The average Bonchev–Trinajstić information content (AvgIpc) is 2.88. The van der Waals surface area contributed by atoms with E-state index in [4.69, 9.17) is 10.5 Å². The van der Waals surface area contributed by atoms with Gasteiger partial charge in [0.15, 0.2) is 5.96 Å². The van der Waals surface area contributed by atoms with Gasteiger partial charge in [-0.25, -0.2) is 4.99 Å². The lowest BCUT2D eigenvalue weighted by Gasteiger charge is -2.26. The maximum absolute atomic E-state index is 5.85. The van der Waals surface area contributed by atoms with Crippen molar-refractivity contribution in [3.05, 3.63) is 24.0 Å². The van der Waals surface area contributed by atoms with Crippen molar-refractivity contribution in [2.45, 2.75) is 13.0 Å². The van der Waals surface area contributed by atoms with E-state index >= 15 is 0 Å². The van der Waals surface area contributed by atoms with Gasteiger partial charge in [0.1, 0.15) is 0 Å². The molecule has 0 spiro atoms. The SMILES string of the molecule is Cn1ccc(CN=C(N)NCCCN2CCOCC2)c1.I. The number of rotatable bonds is 6. The highest BCUT2D eigenvalue weighted by molar-refractivity contribution is 14.0. The van der Waals surface area contributed by atoms with Gasteiger partial charge in [-0.2, -0.15) is 0 Å². The first-order valence-electron chi connectivity index (χ1n) is 7.19. The summed E-state index contributed by atoms with van der Waals surface area (Å²) in [4.78, 5) is 6.75. The maximum Gasteiger partial charge on any atom is 0.188 e. The van der Waals surface area contributed by atoms with E-state index in [0.717, 1.165) is 45.8 Å². The zero-order valence-corrected chi connectivity index (χ0v) is 15.0. The minimum atomic E-state index is 0. The summed E-state index contributed by atoms with van der Waals surface area (Å²) in [6.45, 7) is 6.37. The van der Waals surface area contributed by atoms with E-state index in [-0.39, 0.29) is 24.0 Å². The van der Waals surface area contributed by atoms with Crippen LogP contribution in [0.1, 0.15) is 12.0 Å². The van der Waals surface area contributed by atoms with E-state index in [2.05, 4.69) is 27.5 Å². The molecule has 0 aliphatic carbocycles. The second-order valence-corrected chi connectivity index (χ2v) is 5.12. The van der Waals surface area contributed by atoms with Crippen LogP contribution in [0.4, 0.5) is 0 Å². The van der Waals surface area contributed by atoms with Gasteiger partial charge in [0, 0.05) is 39.1 Å². The topological polar surface area (TPSA) is 67.8 Å². The molecule has 7 heteroatoms. The van der Waals surface area contributed by atoms with Crippen molar-refractivity contribution in [2.24, 2.45) is 17.8 Å². The first-order valence-corrected chi connectivity index (χ1v) is 7.19. The van der Waals surface area contributed by atoms with E-state index in [1.54, 1.807) is 0 Å². The molecule has 1 aliphatic rings. The Labute approximate surface area is 143 Å². The second kappa shape index (κ2) is 10.0. The van der Waals surface area contributed by atoms with Gasteiger partial charge in [0.2, 0.25) is 0 Å². The quantitative estimate of drug-likeness (QED) is 0.317. The number of nitrogens with zero attached hydrogens (tertiary/aromatic N) is 3. The molecule has 0 amide bonds. The Kier molecular flexibility index (Phi) is 8.70. The van der Waals surface area contributed by atoms with Crippen LogP contribution in [-0.4, -0.2) is 54.8 Å². The van der Waals surface area contributed by atoms with Crippen LogP contribution in [0.5, 0.6) is 0 Å². The molecule has 1 aromatic rings. The summed E-state index contributed by atoms with van der Waals surface area (Å²) in [6, 6.07) is 2.05. The highest BCUT2D eigenvalue weighted by Gasteiger charge is 2.08. The summed E-state index contributed by atoms with van der Waals surface area (Å²) in [5.41, 5.74) is 7.02. The number of aryl methyl sites for hydroxylation is 1. The van der Waals surface area contributed by atoms with E-state index < -0.39 is 0 Å². The molecule has 3 N–H and O–H groups in total. The van der Waals surface area contributed by atoms with E-state index in [0.29, 0.717) is 12.5 Å². The van der Waals surface area contributed by atoms with Gasteiger partial charge in [0.25, 0.3) is 0 Å². The van der Waals surface area contributed by atoms with Crippen molar-refractivity contribution in [3.63, 3.8) is 0 Å². The van der Waals surface area contributed by atoms with Crippen LogP contribution in [0.25, 0.3) is 0 Å². The van der Waals surface area contributed by atoms with E-state index in [1.807, 2.05) is 17.8 Å². The van der Waals surface area contributed by atoms with Crippen molar-refractivity contribution in [1.82, 2.24) is 14.8 Å². The van der Waals surface area contributed by atoms with Crippen molar-refractivity contribution in [3.8, 4) is 0 Å². The Morgan fingerprint density at radius 3 is 2.86 bits per heavy atom. The molecule has 2 rings (SSSR count).